The Labute approximate surface area is 92.5 Å². The van der Waals surface area contributed by atoms with Crippen LogP contribution in [0.15, 0.2) is 42.6 Å². The molecule has 0 aliphatic rings. The van der Waals surface area contributed by atoms with Gasteiger partial charge in [0.2, 0.25) is 0 Å². The van der Waals surface area contributed by atoms with Crippen molar-refractivity contribution in [1.29, 1.82) is 0 Å². The average Bonchev–Trinajstić information content (AvgIpc) is 2.30. The summed E-state index contributed by atoms with van der Waals surface area (Å²) >= 11 is 5.77. The van der Waals surface area contributed by atoms with Crippen molar-refractivity contribution in [1.82, 2.24) is 4.98 Å². The van der Waals surface area contributed by atoms with Gasteiger partial charge < -0.3 is 0 Å². The Hall–Kier alpha value is -1.41. The largest absolute Gasteiger partial charge is 0.256 e. The van der Waals surface area contributed by atoms with Gasteiger partial charge in [0.05, 0.1) is 5.69 Å². The fraction of sp³-hybridized carbons (Fsp3) is 0.0833. The molecule has 0 N–H and O–H groups in total. The summed E-state index contributed by atoms with van der Waals surface area (Å²) in [5.74, 6) is 0.0555. The van der Waals surface area contributed by atoms with E-state index in [0.717, 1.165) is 5.56 Å². The van der Waals surface area contributed by atoms with Crippen LogP contribution < -0.4 is 0 Å². The van der Waals surface area contributed by atoms with E-state index in [2.05, 4.69) is 4.98 Å². The maximum Gasteiger partial charge on any atom is 0.132 e. The number of aromatic nitrogens is 1. The lowest BCUT2D eigenvalue weighted by Gasteiger charge is -2.06. The number of rotatable bonds is 2. The molecule has 0 bridgehead atoms. The normalized spacial score (nSPS) is 10.3. The van der Waals surface area contributed by atoms with Crippen molar-refractivity contribution in [3.8, 4) is 11.3 Å². The maximum absolute atomic E-state index is 13.5. The van der Waals surface area contributed by atoms with Gasteiger partial charge in [-0.3, -0.25) is 4.98 Å². The molecule has 2 rings (SSSR count). The monoisotopic (exact) mass is 221 g/mol. The van der Waals surface area contributed by atoms with Gasteiger partial charge in [0, 0.05) is 17.6 Å². The Bertz CT molecular complexity index is 471. The number of pyridine rings is 1. The van der Waals surface area contributed by atoms with Crippen LogP contribution in [0.2, 0.25) is 0 Å². The van der Waals surface area contributed by atoms with E-state index < -0.39 is 0 Å². The third kappa shape index (κ3) is 2.00. The van der Waals surface area contributed by atoms with Crippen molar-refractivity contribution in [3.05, 3.63) is 54.0 Å². The van der Waals surface area contributed by atoms with Gasteiger partial charge in [0.1, 0.15) is 5.82 Å². The number of halogens is 2. The lowest BCUT2D eigenvalue weighted by atomic mass is 10.1. The first kappa shape index (κ1) is 10.1. The van der Waals surface area contributed by atoms with E-state index in [1.165, 1.54) is 6.07 Å². The minimum absolute atomic E-state index is 0.275. The van der Waals surface area contributed by atoms with E-state index in [9.17, 15) is 4.39 Å². The van der Waals surface area contributed by atoms with Crippen molar-refractivity contribution < 1.29 is 4.39 Å². The smallest absolute Gasteiger partial charge is 0.132 e. The van der Waals surface area contributed by atoms with Crippen LogP contribution in [0.4, 0.5) is 4.39 Å². The van der Waals surface area contributed by atoms with Crippen molar-refractivity contribution in [2.45, 2.75) is 5.88 Å². The molecule has 1 nitrogen and oxygen atoms in total. The molecule has 0 saturated heterocycles. The van der Waals surface area contributed by atoms with Crippen molar-refractivity contribution in [3.63, 3.8) is 0 Å². The van der Waals surface area contributed by atoms with Gasteiger partial charge in [-0.05, 0) is 23.8 Å². The van der Waals surface area contributed by atoms with E-state index in [-0.39, 0.29) is 5.82 Å². The molecule has 15 heavy (non-hydrogen) atoms. The van der Waals surface area contributed by atoms with E-state index >= 15 is 0 Å². The predicted molar refractivity (Wildman–Crippen MR) is 59.2 cm³/mol. The summed E-state index contributed by atoms with van der Waals surface area (Å²) in [4.78, 5) is 4.16. The molecule has 1 aromatic heterocycles. The van der Waals surface area contributed by atoms with E-state index in [1.54, 1.807) is 30.5 Å². The molecule has 3 heteroatoms. The van der Waals surface area contributed by atoms with Crippen molar-refractivity contribution in [2.75, 3.05) is 0 Å². The molecule has 2 aromatic rings. The van der Waals surface area contributed by atoms with Crippen LogP contribution in [0.3, 0.4) is 0 Å². The fourth-order valence-corrected chi connectivity index (χ4v) is 1.66. The Morgan fingerprint density at radius 2 is 1.93 bits per heavy atom. The molecule has 0 radical (unpaired) electrons. The van der Waals surface area contributed by atoms with Gasteiger partial charge in [-0.25, -0.2) is 4.39 Å². The maximum atomic E-state index is 13.5. The molecule has 0 fully saturated rings. The second kappa shape index (κ2) is 4.41. The van der Waals surface area contributed by atoms with Gasteiger partial charge in [0.15, 0.2) is 0 Å². The van der Waals surface area contributed by atoms with Gasteiger partial charge in [-0.15, -0.1) is 11.6 Å². The van der Waals surface area contributed by atoms with Crippen LogP contribution in [0, 0.1) is 5.82 Å². The summed E-state index contributed by atoms with van der Waals surface area (Å²) < 4.78 is 13.5. The van der Waals surface area contributed by atoms with Gasteiger partial charge >= 0.3 is 0 Å². The topological polar surface area (TPSA) is 12.9 Å². The first-order chi connectivity index (χ1) is 7.33. The standard InChI is InChI=1S/C12H9ClFN/c13-8-9-4-3-7-15-12(9)10-5-1-2-6-11(10)14/h1-7H,8H2. The van der Waals surface area contributed by atoms with Gasteiger partial charge in [0.25, 0.3) is 0 Å². The third-order valence-electron chi connectivity index (χ3n) is 2.16. The molecular weight excluding hydrogens is 213 g/mol. The van der Waals surface area contributed by atoms with Crippen LogP contribution in [0.5, 0.6) is 0 Å². The molecule has 0 atom stereocenters. The second-order valence-electron chi connectivity index (χ2n) is 3.12. The van der Waals surface area contributed by atoms with Gasteiger partial charge in [-0.2, -0.15) is 0 Å². The number of alkyl halides is 1. The van der Waals surface area contributed by atoms with Crippen LogP contribution in [0.25, 0.3) is 11.3 Å². The fourth-order valence-electron chi connectivity index (χ4n) is 1.44. The molecule has 0 spiro atoms. The zero-order chi connectivity index (χ0) is 10.7. The molecule has 76 valence electrons. The highest BCUT2D eigenvalue weighted by molar-refractivity contribution is 6.17. The van der Waals surface area contributed by atoms with Crippen molar-refractivity contribution >= 4 is 11.6 Å². The summed E-state index contributed by atoms with van der Waals surface area (Å²) in [5, 5.41) is 0. The average molecular weight is 222 g/mol. The highest BCUT2D eigenvalue weighted by atomic mass is 35.5. The highest BCUT2D eigenvalue weighted by Crippen LogP contribution is 2.24. The summed E-state index contributed by atoms with van der Waals surface area (Å²) in [6.45, 7) is 0. The molecule has 1 heterocycles. The summed E-state index contributed by atoms with van der Waals surface area (Å²) in [6, 6.07) is 10.2. The van der Waals surface area contributed by atoms with Crippen LogP contribution in [-0.4, -0.2) is 4.98 Å². The lowest BCUT2D eigenvalue weighted by molar-refractivity contribution is 0.630. The predicted octanol–water partition coefficient (Wildman–Crippen LogP) is 3.63. The molecular formula is C12H9ClFN. The Morgan fingerprint density at radius 1 is 1.13 bits per heavy atom. The van der Waals surface area contributed by atoms with Crippen molar-refractivity contribution in [2.24, 2.45) is 0 Å². The van der Waals surface area contributed by atoms with E-state index in [0.29, 0.717) is 17.1 Å². The van der Waals surface area contributed by atoms with Gasteiger partial charge in [-0.1, -0.05) is 18.2 Å². The molecule has 0 unspecified atom stereocenters. The number of hydrogen-bond donors (Lipinski definition) is 0. The molecule has 0 saturated carbocycles. The number of benzene rings is 1. The van der Waals surface area contributed by atoms with Crippen LogP contribution >= 0.6 is 11.6 Å². The summed E-state index contributed by atoms with van der Waals surface area (Å²) in [5.41, 5.74) is 1.95. The Balaban J connectivity index is 2.59. The first-order valence-corrected chi connectivity index (χ1v) is 5.11. The lowest BCUT2D eigenvalue weighted by Crippen LogP contribution is -1.92. The number of hydrogen-bond acceptors (Lipinski definition) is 1. The van der Waals surface area contributed by atoms with E-state index in [4.69, 9.17) is 11.6 Å². The second-order valence-corrected chi connectivity index (χ2v) is 3.39. The zero-order valence-electron chi connectivity index (χ0n) is 7.95. The molecule has 0 aliphatic heterocycles. The summed E-state index contributed by atoms with van der Waals surface area (Å²) in [7, 11) is 0. The Morgan fingerprint density at radius 3 is 2.67 bits per heavy atom. The van der Waals surface area contributed by atoms with Crippen LogP contribution in [0.1, 0.15) is 5.56 Å². The van der Waals surface area contributed by atoms with E-state index in [1.807, 2.05) is 6.07 Å². The third-order valence-corrected chi connectivity index (χ3v) is 2.45. The SMILES string of the molecule is Fc1ccccc1-c1ncccc1CCl. The zero-order valence-corrected chi connectivity index (χ0v) is 8.71. The minimum Gasteiger partial charge on any atom is -0.256 e. The van der Waals surface area contributed by atoms with Crippen LogP contribution in [-0.2, 0) is 5.88 Å². The number of nitrogens with zero attached hydrogens (tertiary/aromatic N) is 1. The molecule has 0 aliphatic carbocycles. The molecule has 1 aromatic carbocycles. The quantitative estimate of drug-likeness (QED) is 0.706. The highest BCUT2D eigenvalue weighted by Gasteiger charge is 2.08. The molecule has 0 amide bonds. The summed E-state index contributed by atoms with van der Waals surface area (Å²) in [6.07, 6.45) is 1.64. The first-order valence-electron chi connectivity index (χ1n) is 4.57. The Kier molecular flexibility index (Phi) is 2.97. The minimum atomic E-state index is -0.275.